The number of nitrogens with one attached hydrogen (secondary N) is 1. The third kappa shape index (κ3) is 3.41. The standard InChI is InChI=1S/C10H15N3O4S/c1-2-3-6-12-18(16,17)10-5-4-8(11)7-9(10)13(14)15/h4-5,7,12H,2-3,6,11H2,1H3. The van der Waals surface area contributed by atoms with E-state index in [1.165, 1.54) is 6.07 Å². The molecule has 0 atom stereocenters. The van der Waals surface area contributed by atoms with Crippen LogP contribution in [0.2, 0.25) is 0 Å². The van der Waals surface area contributed by atoms with Crippen LogP contribution in [-0.4, -0.2) is 19.9 Å². The van der Waals surface area contributed by atoms with Crippen molar-refractivity contribution in [3.8, 4) is 0 Å². The molecule has 0 aliphatic rings. The molecule has 0 saturated carbocycles. The number of nitro groups is 1. The Kier molecular flexibility index (Phi) is 4.62. The molecule has 0 fully saturated rings. The minimum Gasteiger partial charge on any atom is -0.399 e. The maximum absolute atomic E-state index is 11.9. The van der Waals surface area contributed by atoms with Gasteiger partial charge in [0, 0.05) is 18.3 Å². The van der Waals surface area contributed by atoms with Gasteiger partial charge in [-0.15, -0.1) is 0 Å². The normalized spacial score (nSPS) is 11.4. The summed E-state index contributed by atoms with van der Waals surface area (Å²) < 4.78 is 26.1. The van der Waals surface area contributed by atoms with Gasteiger partial charge < -0.3 is 5.73 Å². The molecule has 1 aromatic carbocycles. The molecule has 8 heteroatoms. The molecule has 1 rings (SSSR count). The van der Waals surface area contributed by atoms with E-state index in [-0.39, 0.29) is 17.1 Å². The molecule has 0 aliphatic heterocycles. The summed E-state index contributed by atoms with van der Waals surface area (Å²) in [5, 5.41) is 10.8. The third-order valence-electron chi connectivity index (χ3n) is 2.29. The molecule has 7 nitrogen and oxygen atoms in total. The summed E-state index contributed by atoms with van der Waals surface area (Å²) >= 11 is 0. The Morgan fingerprint density at radius 3 is 2.67 bits per heavy atom. The minimum absolute atomic E-state index is 0.147. The number of anilines is 1. The predicted octanol–water partition coefficient (Wildman–Crippen LogP) is 1.26. The summed E-state index contributed by atoms with van der Waals surface area (Å²) in [6.45, 7) is 2.17. The van der Waals surface area contributed by atoms with Gasteiger partial charge >= 0.3 is 0 Å². The van der Waals surface area contributed by atoms with Crippen molar-refractivity contribution >= 4 is 21.4 Å². The van der Waals surface area contributed by atoms with Crippen molar-refractivity contribution in [2.24, 2.45) is 0 Å². The molecule has 1 aromatic rings. The highest BCUT2D eigenvalue weighted by Crippen LogP contribution is 2.25. The van der Waals surface area contributed by atoms with Crippen LogP contribution in [0.15, 0.2) is 23.1 Å². The number of sulfonamides is 1. The molecule has 18 heavy (non-hydrogen) atoms. The Morgan fingerprint density at radius 2 is 2.11 bits per heavy atom. The molecule has 0 heterocycles. The molecule has 0 unspecified atom stereocenters. The van der Waals surface area contributed by atoms with E-state index in [0.29, 0.717) is 6.42 Å². The van der Waals surface area contributed by atoms with Crippen molar-refractivity contribution < 1.29 is 13.3 Å². The van der Waals surface area contributed by atoms with E-state index in [2.05, 4.69) is 4.72 Å². The van der Waals surface area contributed by atoms with Crippen molar-refractivity contribution in [1.29, 1.82) is 0 Å². The highest BCUT2D eigenvalue weighted by molar-refractivity contribution is 7.89. The zero-order valence-electron chi connectivity index (χ0n) is 9.92. The molecule has 0 amide bonds. The van der Waals surface area contributed by atoms with Crippen LogP contribution in [0.5, 0.6) is 0 Å². The predicted molar refractivity (Wildman–Crippen MR) is 67.6 cm³/mol. The number of rotatable bonds is 6. The summed E-state index contributed by atoms with van der Waals surface area (Å²) in [6.07, 6.45) is 1.49. The van der Waals surface area contributed by atoms with Crippen LogP contribution in [0.3, 0.4) is 0 Å². The Labute approximate surface area is 105 Å². The Bertz CT molecular complexity index is 542. The first kappa shape index (κ1) is 14.4. The molecule has 100 valence electrons. The Hall–Kier alpha value is -1.67. The van der Waals surface area contributed by atoms with Crippen molar-refractivity contribution in [2.45, 2.75) is 24.7 Å². The quantitative estimate of drug-likeness (QED) is 0.350. The number of nitrogen functional groups attached to an aromatic ring is 1. The fourth-order valence-electron chi connectivity index (χ4n) is 1.37. The number of hydrogen-bond acceptors (Lipinski definition) is 5. The van der Waals surface area contributed by atoms with Crippen molar-refractivity contribution in [3.63, 3.8) is 0 Å². The highest BCUT2D eigenvalue weighted by Gasteiger charge is 2.25. The Balaban J connectivity index is 3.12. The molecule has 0 aromatic heterocycles. The number of nitro benzene ring substituents is 1. The van der Waals surface area contributed by atoms with E-state index in [4.69, 9.17) is 5.73 Å². The van der Waals surface area contributed by atoms with Gasteiger partial charge in [0.05, 0.1) is 4.92 Å². The maximum Gasteiger partial charge on any atom is 0.291 e. The van der Waals surface area contributed by atoms with Gasteiger partial charge in [-0.25, -0.2) is 13.1 Å². The number of unbranched alkanes of at least 4 members (excludes halogenated alkanes) is 1. The van der Waals surface area contributed by atoms with Gasteiger partial charge in [0.25, 0.3) is 5.69 Å². The van der Waals surface area contributed by atoms with Crippen molar-refractivity contribution in [3.05, 3.63) is 28.3 Å². The van der Waals surface area contributed by atoms with E-state index in [0.717, 1.165) is 18.6 Å². The molecule has 0 bridgehead atoms. The number of nitrogens with zero attached hydrogens (tertiary/aromatic N) is 1. The number of hydrogen-bond donors (Lipinski definition) is 2. The first-order chi connectivity index (χ1) is 8.38. The van der Waals surface area contributed by atoms with E-state index in [9.17, 15) is 18.5 Å². The molecule has 3 N–H and O–H groups in total. The SMILES string of the molecule is CCCCNS(=O)(=O)c1ccc(N)cc1[N+](=O)[O-]. The Morgan fingerprint density at radius 1 is 1.44 bits per heavy atom. The van der Waals surface area contributed by atoms with Gasteiger partial charge in [-0.3, -0.25) is 10.1 Å². The lowest BCUT2D eigenvalue weighted by atomic mass is 10.3. The first-order valence-corrected chi connectivity index (χ1v) is 6.90. The van der Waals surface area contributed by atoms with Gasteiger partial charge in [-0.2, -0.15) is 0 Å². The zero-order chi connectivity index (χ0) is 13.8. The molecule has 0 aliphatic carbocycles. The smallest absolute Gasteiger partial charge is 0.291 e. The van der Waals surface area contributed by atoms with Crippen LogP contribution in [0.4, 0.5) is 11.4 Å². The van der Waals surface area contributed by atoms with Gasteiger partial charge in [-0.05, 0) is 18.6 Å². The number of benzene rings is 1. The fraction of sp³-hybridized carbons (Fsp3) is 0.400. The van der Waals surface area contributed by atoms with E-state index < -0.39 is 20.6 Å². The van der Waals surface area contributed by atoms with Crippen LogP contribution in [0.25, 0.3) is 0 Å². The molecule has 0 spiro atoms. The molecular weight excluding hydrogens is 258 g/mol. The number of nitrogens with two attached hydrogens (primary N) is 1. The lowest BCUT2D eigenvalue weighted by Gasteiger charge is -2.07. The largest absolute Gasteiger partial charge is 0.399 e. The summed E-state index contributed by atoms with van der Waals surface area (Å²) in [6, 6.07) is 3.50. The van der Waals surface area contributed by atoms with E-state index in [1.54, 1.807) is 0 Å². The second kappa shape index (κ2) is 5.78. The van der Waals surface area contributed by atoms with Gasteiger partial charge in [-0.1, -0.05) is 13.3 Å². The zero-order valence-corrected chi connectivity index (χ0v) is 10.7. The molecule has 0 radical (unpaired) electrons. The lowest BCUT2D eigenvalue weighted by molar-refractivity contribution is -0.387. The maximum atomic E-state index is 11.9. The van der Waals surface area contributed by atoms with Crippen molar-refractivity contribution in [1.82, 2.24) is 4.72 Å². The first-order valence-electron chi connectivity index (χ1n) is 5.42. The average Bonchev–Trinajstić information content (AvgIpc) is 2.28. The second-order valence-electron chi connectivity index (χ2n) is 3.74. The van der Waals surface area contributed by atoms with Crippen LogP contribution >= 0.6 is 0 Å². The average molecular weight is 273 g/mol. The van der Waals surface area contributed by atoms with Gasteiger partial charge in [0.15, 0.2) is 4.90 Å². The third-order valence-corrected chi connectivity index (χ3v) is 3.80. The van der Waals surface area contributed by atoms with Crippen LogP contribution < -0.4 is 10.5 Å². The van der Waals surface area contributed by atoms with Gasteiger partial charge in [0.2, 0.25) is 10.0 Å². The fourth-order valence-corrected chi connectivity index (χ4v) is 2.59. The van der Waals surface area contributed by atoms with Gasteiger partial charge in [0.1, 0.15) is 0 Å². The minimum atomic E-state index is -3.87. The van der Waals surface area contributed by atoms with Crippen LogP contribution in [-0.2, 0) is 10.0 Å². The summed E-state index contributed by atoms with van der Waals surface area (Å²) in [4.78, 5) is 9.69. The monoisotopic (exact) mass is 273 g/mol. The summed E-state index contributed by atoms with van der Waals surface area (Å²) in [5.41, 5.74) is 5.04. The summed E-state index contributed by atoms with van der Waals surface area (Å²) in [7, 11) is -3.87. The second-order valence-corrected chi connectivity index (χ2v) is 5.47. The van der Waals surface area contributed by atoms with E-state index >= 15 is 0 Å². The molecule has 0 saturated heterocycles. The van der Waals surface area contributed by atoms with Crippen molar-refractivity contribution in [2.75, 3.05) is 12.3 Å². The lowest BCUT2D eigenvalue weighted by Crippen LogP contribution is -2.25. The van der Waals surface area contributed by atoms with Crippen LogP contribution in [0.1, 0.15) is 19.8 Å². The summed E-state index contributed by atoms with van der Waals surface area (Å²) in [5.74, 6) is 0. The van der Waals surface area contributed by atoms with E-state index in [1.807, 2.05) is 6.92 Å². The topological polar surface area (TPSA) is 115 Å². The highest BCUT2D eigenvalue weighted by atomic mass is 32.2. The van der Waals surface area contributed by atoms with Crippen LogP contribution in [0, 0.1) is 10.1 Å². The molecular formula is C10H15N3O4S.